The molecule has 2 N–H and O–H groups in total. The van der Waals surface area contributed by atoms with Gasteiger partial charge in [0, 0.05) is 5.56 Å². The molecule has 0 aliphatic carbocycles. The zero-order chi connectivity index (χ0) is 26.2. The second-order valence-electron chi connectivity index (χ2n) is 9.24. The Morgan fingerprint density at radius 1 is 0.737 bits per heavy atom. The number of hydrogen-bond acceptors (Lipinski definition) is 3. The SMILES string of the molecule is NC(=O)c1[c]ccc2c1C(c1ccc(F)cc1)(C(c1ccccc1)(c1ccccc1)c1ccccc1)N=N2. The van der Waals surface area contributed by atoms with Gasteiger partial charge in [-0.05, 0) is 46.5 Å². The van der Waals surface area contributed by atoms with E-state index in [0.717, 1.165) is 16.7 Å². The summed E-state index contributed by atoms with van der Waals surface area (Å²) in [6.07, 6.45) is 0. The van der Waals surface area contributed by atoms with Crippen LogP contribution in [0.5, 0.6) is 0 Å². The molecular weight excluding hydrogens is 473 g/mol. The minimum Gasteiger partial charge on any atom is -0.366 e. The molecule has 0 saturated heterocycles. The lowest BCUT2D eigenvalue weighted by atomic mass is 9.53. The topological polar surface area (TPSA) is 67.8 Å². The molecule has 1 unspecified atom stereocenters. The number of amides is 1. The maximum Gasteiger partial charge on any atom is 0.249 e. The number of nitrogens with zero attached hydrogens (tertiary/aromatic N) is 2. The van der Waals surface area contributed by atoms with Crippen molar-refractivity contribution in [3.05, 3.63) is 173 Å². The summed E-state index contributed by atoms with van der Waals surface area (Å²) in [4.78, 5) is 12.9. The minimum atomic E-state index is -1.33. The molecule has 0 saturated carbocycles. The Morgan fingerprint density at radius 3 is 1.71 bits per heavy atom. The molecule has 1 amide bonds. The molecule has 38 heavy (non-hydrogen) atoms. The molecule has 0 fully saturated rings. The van der Waals surface area contributed by atoms with Crippen LogP contribution in [-0.2, 0) is 11.0 Å². The van der Waals surface area contributed by atoms with Gasteiger partial charge >= 0.3 is 0 Å². The molecule has 1 aliphatic rings. The highest BCUT2D eigenvalue weighted by Crippen LogP contribution is 2.62. The molecule has 1 heterocycles. The summed E-state index contributed by atoms with van der Waals surface area (Å²) in [7, 11) is 0. The summed E-state index contributed by atoms with van der Waals surface area (Å²) in [6, 6.07) is 42.8. The molecule has 1 atom stereocenters. The van der Waals surface area contributed by atoms with Crippen LogP contribution in [0.15, 0.2) is 138 Å². The summed E-state index contributed by atoms with van der Waals surface area (Å²) >= 11 is 0. The zero-order valence-corrected chi connectivity index (χ0v) is 20.4. The number of carbonyl (C=O) groups is 1. The second-order valence-corrected chi connectivity index (χ2v) is 9.24. The highest BCUT2D eigenvalue weighted by atomic mass is 19.1. The van der Waals surface area contributed by atoms with Gasteiger partial charge in [0.2, 0.25) is 5.91 Å². The fourth-order valence-corrected chi connectivity index (χ4v) is 5.87. The van der Waals surface area contributed by atoms with E-state index in [1.54, 1.807) is 24.3 Å². The van der Waals surface area contributed by atoms with E-state index in [2.05, 4.69) is 47.6 Å². The molecule has 183 valence electrons. The molecule has 5 heteroatoms. The number of azo groups is 1. The van der Waals surface area contributed by atoms with Crippen LogP contribution in [0.1, 0.15) is 38.2 Å². The highest BCUT2D eigenvalue weighted by Gasteiger charge is 2.61. The fourth-order valence-electron chi connectivity index (χ4n) is 5.87. The van der Waals surface area contributed by atoms with E-state index in [4.69, 9.17) is 10.8 Å². The molecule has 6 rings (SSSR count). The first-order chi connectivity index (χ1) is 18.6. The highest BCUT2D eigenvalue weighted by molar-refractivity contribution is 5.97. The number of nitrogens with two attached hydrogens (primary N) is 1. The molecular formula is C33H23FN3O. The van der Waals surface area contributed by atoms with Crippen molar-refractivity contribution in [2.24, 2.45) is 16.0 Å². The van der Waals surface area contributed by atoms with Crippen LogP contribution >= 0.6 is 0 Å². The predicted molar refractivity (Wildman–Crippen MR) is 145 cm³/mol. The minimum absolute atomic E-state index is 0.198. The van der Waals surface area contributed by atoms with Gasteiger partial charge in [0.1, 0.15) is 5.82 Å². The summed E-state index contributed by atoms with van der Waals surface area (Å²) in [5.41, 5.74) is 8.28. The lowest BCUT2D eigenvalue weighted by Gasteiger charge is -2.48. The Bertz CT molecular complexity index is 1540. The van der Waals surface area contributed by atoms with E-state index in [1.807, 2.05) is 54.6 Å². The van der Waals surface area contributed by atoms with Gasteiger partial charge in [-0.25, -0.2) is 4.39 Å². The van der Waals surface area contributed by atoms with Crippen molar-refractivity contribution in [1.29, 1.82) is 0 Å². The third kappa shape index (κ3) is 3.32. The Kier molecular flexibility index (Phi) is 5.69. The first-order valence-corrected chi connectivity index (χ1v) is 12.3. The molecule has 5 aromatic rings. The zero-order valence-electron chi connectivity index (χ0n) is 20.4. The van der Waals surface area contributed by atoms with Crippen molar-refractivity contribution in [3.8, 4) is 0 Å². The molecule has 1 radical (unpaired) electrons. The van der Waals surface area contributed by atoms with E-state index < -0.39 is 16.9 Å². The quantitative estimate of drug-likeness (QED) is 0.250. The van der Waals surface area contributed by atoms with Crippen molar-refractivity contribution < 1.29 is 9.18 Å². The van der Waals surface area contributed by atoms with Crippen LogP contribution in [0, 0.1) is 11.9 Å². The Balaban J connectivity index is 1.89. The van der Waals surface area contributed by atoms with Crippen LogP contribution in [0.3, 0.4) is 0 Å². The predicted octanol–water partition coefficient (Wildman–Crippen LogP) is 7.10. The fraction of sp³-hybridized carbons (Fsp3) is 0.0606. The third-order valence-electron chi connectivity index (χ3n) is 7.32. The van der Waals surface area contributed by atoms with Gasteiger partial charge in [-0.1, -0.05) is 109 Å². The Hall–Kier alpha value is -4.90. The lowest BCUT2D eigenvalue weighted by Crippen LogP contribution is -2.50. The van der Waals surface area contributed by atoms with Crippen LogP contribution in [0.25, 0.3) is 0 Å². The maximum absolute atomic E-state index is 14.3. The molecule has 1 aliphatic heterocycles. The van der Waals surface area contributed by atoms with Gasteiger partial charge in [0.25, 0.3) is 0 Å². The Labute approximate surface area is 220 Å². The van der Waals surface area contributed by atoms with Crippen molar-refractivity contribution >= 4 is 11.6 Å². The standard InChI is InChI=1S/C33H23FN3O/c34-27-21-19-26(20-22-27)33(30-28(31(35)38)17-10-18-29(30)36-37-33)32(23-11-4-1-5-12-23,24-13-6-2-7-14-24)25-15-8-3-9-16-25/h1-16,18-22H,(H2,35,38). The van der Waals surface area contributed by atoms with Crippen molar-refractivity contribution in [3.63, 3.8) is 0 Å². The van der Waals surface area contributed by atoms with Gasteiger partial charge in [0.15, 0.2) is 5.54 Å². The van der Waals surface area contributed by atoms with E-state index in [9.17, 15) is 9.18 Å². The molecule has 0 aromatic heterocycles. The second kappa shape index (κ2) is 9.20. The van der Waals surface area contributed by atoms with E-state index in [1.165, 1.54) is 12.1 Å². The van der Waals surface area contributed by atoms with E-state index >= 15 is 0 Å². The largest absolute Gasteiger partial charge is 0.366 e. The summed E-state index contributed by atoms with van der Waals surface area (Å²) in [5, 5.41) is 9.70. The molecule has 0 spiro atoms. The maximum atomic E-state index is 14.3. The van der Waals surface area contributed by atoms with Gasteiger partial charge < -0.3 is 5.73 Å². The van der Waals surface area contributed by atoms with Crippen molar-refractivity contribution in [2.75, 3.05) is 0 Å². The molecule has 4 nitrogen and oxygen atoms in total. The first-order valence-electron chi connectivity index (χ1n) is 12.3. The summed E-state index contributed by atoms with van der Waals surface area (Å²) in [6.45, 7) is 0. The van der Waals surface area contributed by atoms with Gasteiger partial charge in [-0.3, -0.25) is 4.79 Å². The first kappa shape index (κ1) is 23.5. The van der Waals surface area contributed by atoms with Crippen LogP contribution in [-0.4, -0.2) is 5.91 Å². The van der Waals surface area contributed by atoms with Crippen LogP contribution in [0.2, 0.25) is 0 Å². The number of fused-ring (bicyclic) bond motifs is 1. The number of primary amides is 1. The van der Waals surface area contributed by atoms with Crippen LogP contribution < -0.4 is 5.73 Å². The number of carbonyl (C=O) groups excluding carboxylic acids is 1. The van der Waals surface area contributed by atoms with E-state index in [-0.39, 0.29) is 11.4 Å². The molecule has 0 bridgehead atoms. The average molecular weight is 497 g/mol. The van der Waals surface area contributed by atoms with Gasteiger partial charge in [-0.2, -0.15) is 10.2 Å². The number of halogens is 1. The van der Waals surface area contributed by atoms with Gasteiger partial charge in [-0.15, -0.1) is 0 Å². The monoisotopic (exact) mass is 496 g/mol. The Morgan fingerprint density at radius 2 is 1.24 bits per heavy atom. The van der Waals surface area contributed by atoms with Crippen molar-refractivity contribution in [2.45, 2.75) is 11.0 Å². The lowest BCUT2D eigenvalue weighted by molar-refractivity contribution is 0.0997. The smallest absolute Gasteiger partial charge is 0.249 e. The number of benzene rings is 5. The van der Waals surface area contributed by atoms with E-state index in [0.29, 0.717) is 16.8 Å². The summed E-state index contributed by atoms with van der Waals surface area (Å²) < 4.78 is 14.3. The average Bonchev–Trinajstić information content (AvgIpc) is 3.36. The molecule has 5 aromatic carbocycles. The van der Waals surface area contributed by atoms with Gasteiger partial charge in [0.05, 0.1) is 16.7 Å². The van der Waals surface area contributed by atoms with Crippen molar-refractivity contribution in [1.82, 2.24) is 0 Å². The summed E-state index contributed by atoms with van der Waals surface area (Å²) in [5.74, 6) is -1.01. The number of hydrogen-bond donors (Lipinski definition) is 1. The third-order valence-corrected chi connectivity index (χ3v) is 7.32. The normalized spacial score (nSPS) is 16.2. The van der Waals surface area contributed by atoms with Crippen LogP contribution in [0.4, 0.5) is 10.1 Å². The number of rotatable bonds is 6.